The minimum absolute atomic E-state index is 0.00148. The number of carbonyl (C=O) groups excluding carboxylic acids is 1. The fourth-order valence-electron chi connectivity index (χ4n) is 1.87. The molecule has 1 atom stereocenters. The second-order valence-electron chi connectivity index (χ2n) is 4.41. The SMILES string of the molecule is N#Cc1ccc(S(=O)(=O)NC2CCC(=O)NC2)cc1Cl. The van der Waals surface area contributed by atoms with Crippen LogP contribution in [0.3, 0.4) is 0 Å². The van der Waals surface area contributed by atoms with Crippen molar-refractivity contribution in [3.8, 4) is 6.07 Å². The summed E-state index contributed by atoms with van der Waals surface area (Å²) in [7, 11) is -3.72. The summed E-state index contributed by atoms with van der Waals surface area (Å²) < 4.78 is 26.8. The van der Waals surface area contributed by atoms with Gasteiger partial charge in [0.1, 0.15) is 6.07 Å². The van der Waals surface area contributed by atoms with Crippen LogP contribution in [0.2, 0.25) is 5.02 Å². The van der Waals surface area contributed by atoms with Gasteiger partial charge in [0.05, 0.1) is 15.5 Å². The molecular formula is C12H12ClN3O3S. The molecule has 1 heterocycles. The fraction of sp³-hybridized carbons (Fsp3) is 0.333. The number of piperidine rings is 1. The largest absolute Gasteiger partial charge is 0.355 e. The molecule has 2 rings (SSSR count). The van der Waals surface area contributed by atoms with Gasteiger partial charge in [0, 0.05) is 19.0 Å². The van der Waals surface area contributed by atoms with Crippen molar-refractivity contribution in [1.82, 2.24) is 10.0 Å². The van der Waals surface area contributed by atoms with E-state index in [1.54, 1.807) is 0 Å². The lowest BCUT2D eigenvalue weighted by molar-refractivity contribution is -0.122. The van der Waals surface area contributed by atoms with E-state index in [9.17, 15) is 13.2 Å². The predicted octanol–water partition coefficient (Wildman–Crippen LogP) is 0.769. The second kappa shape index (κ2) is 5.79. The van der Waals surface area contributed by atoms with Crippen molar-refractivity contribution in [1.29, 1.82) is 5.26 Å². The molecule has 1 saturated heterocycles. The molecule has 106 valence electrons. The third kappa shape index (κ3) is 3.28. The van der Waals surface area contributed by atoms with E-state index in [-0.39, 0.29) is 34.0 Å². The van der Waals surface area contributed by atoms with E-state index in [0.717, 1.165) is 0 Å². The van der Waals surface area contributed by atoms with E-state index in [1.165, 1.54) is 18.2 Å². The summed E-state index contributed by atoms with van der Waals surface area (Å²) in [6, 6.07) is 5.45. The first-order valence-electron chi connectivity index (χ1n) is 5.91. The Labute approximate surface area is 121 Å². The Morgan fingerprint density at radius 2 is 2.20 bits per heavy atom. The molecule has 1 aliphatic heterocycles. The Morgan fingerprint density at radius 3 is 2.75 bits per heavy atom. The van der Waals surface area contributed by atoms with Gasteiger partial charge in [-0.25, -0.2) is 13.1 Å². The van der Waals surface area contributed by atoms with Crippen LogP contribution in [0, 0.1) is 11.3 Å². The molecule has 1 aliphatic rings. The number of halogens is 1. The molecule has 0 radical (unpaired) electrons. The number of nitrogens with zero attached hydrogens (tertiary/aromatic N) is 1. The van der Waals surface area contributed by atoms with Crippen molar-refractivity contribution >= 4 is 27.5 Å². The molecule has 6 nitrogen and oxygen atoms in total. The molecule has 0 aliphatic carbocycles. The van der Waals surface area contributed by atoms with E-state index in [4.69, 9.17) is 16.9 Å². The number of nitriles is 1. The summed E-state index contributed by atoms with van der Waals surface area (Å²) in [5.74, 6) is -0.0816. The maximum absolute atomic E-state index is 12.2. The average Bonchev–Trinajstić information content (AvgIpc) is 2.41. The standard InChI is InChI=1S/C12H12ClN3O3S/c13-11-5-10(3-1-8(11)6-14)20(18,19)16-9-2-4-12(17)15-7-9/h1,3,5,9,16H,2,4,7H2,(H,15,17). The lowest BCUT2D eigenvalue weighted by Gasteiger charge is -2.23. The van der Waals surface area contributed by atoms with Gasteiger partial charge >= 0.3 is 0 Å². The Hall–Kier alpha value is -1.62. The van der Waals surface area contributed by atoms with Crippen molar-refractivity contribution < 1.29 is 13.2 Å². The van der Waals surface area contributed by atoms with E-state index in [2.05, 4.69) is 10.0 Å². The molecule has 1 fully saturated rings. The molecule has 1 amide bonds. The zero-order chi connectivity index (χ0) is 14.8. The number of hydrogen-bond acceptors (Lipinski definition) is 4. The van der Waals surface area contributed by atoms with Crippen molar-refractivity contribution in [3.63, 3.8) is 0 Å². The summed E-state index contributed by atoms with van der Waals surface area (Å²) in [4.78, 5) is 11.0. The van der Waals surface area contributed by atoms with Gasteiger partial charge in [0.25, 0.3) is 0 Å². The highest BCUT2D eigenvalue weighted by Crippen LogP contribution is 2.20. The zero-order valence-corrected chi connectivity index (χ0v) is 12.0. The van der Waals surface area contributed by atoms with Crippen LogP contribution in [0.4, 0.5) is 0 Å². The van der Waals surface area contributed by atoms with Crippen LogP contribution in [0.5, 0.6) is 0 Å². The monoisotopic (exact) mass is 313 g/mol. The number of nitrogens with one attached hydrogen (secondary N) is 2. The lowest BCUT2D eigenvalue weighted by Crippen LogP contribution is -2.47. The van der Waals surface area contributed by atoms with Crippen LogP contribution in [0.25, 0.3) is 0 Å². The predicted molar refractivity (Wildman–Crippen MR) is 72.5 cm³/mol. The van der Waals surface area contributed by atoms with Crippen molar-refractivity contribution in [2.24, 2.45) is 0 Å². The van der Waals surface area contributed by atoms with Gasteiger partial charge in [-0.15, -0.1) is 0 Å². The Bertz CT molecular complexity index is 672. The van der Waals surface area contributed by atoms with Crippen LogP contribution >= 0.6 is 11.6 Å². The highest BCUT2D eigenvalue weighted by Gasteiger charge is 2.24. The van der Waals surface area contributed by atoms with Gasteiger partial charge < -0.3 is 5.32 Å². The van der Waals surface area contributed by atoms with Gasteiger partial charge in [-0.3, -0.25) is 4.79 Å². The van der Waals surface area contributed by atoms with E-state index in [1.807, 2.05) is 6.07 Å². The van der Waals surface area contributed by atoms with Gasteiger partial charge in [-0.1, -0.05) is 11.6 Å². The first-order chi connectivity index (χ1) is 9.42. The number of rotatable bonds is 3. The quantitative estimate of drug-likeness (QED) is 0.861. The fourth-order valence-corrected chi connectivity index (χ4v) is 3.46. The third-order valence-electron chi connectivity index (χ3n) is 2.96. The highest BCUT2D eigenvalue weighted by atomic mass is 35.5. The average molecular weight is 314 g/mol. The lowest BCUT2D eigenvalue weighted by atomic mass is 10.1. The van der Waals surface area contributed by atoms with Gasteiger partial charge in [-0.2, -0.15) is 5.26 Å². The Morgan fingerprint density at radius 1 is 1.45 bits per heavy atom. The van der Waals surface area contributed by atoms with Crippen molar-refractivity contribution in [2.75, 3.05) is 6.54 Å². The van der Waals surface area contributed by atoms with Crippen LogP contribution < -0.4 is 10.0 Å². The van der Waals surface area contributed by atoms with Gasteiger partial charge in [-0.05, 0) is 24.6 Å². The summed E-state index contributed by atoms with van der Waals surface area (Å²) in [6.07, 6.45) is 0.746. The number of benzene rings is 1. The molecule has 20 heavy (non-hydrogen) atoms. The second-order valence-corrected chi connectivity index (χ2v) is 6.54. The zero-order valence-electron chi connectivity index (χ0n) is 10.4. The summed E-state index contributed by atoms with van der Waals surface area (Å²) in [5, 5.41) is 11.4. The van der Waals surface area contributed by atoms with Gasteiger partial charge in [0.2, 0.25) is 15.9 Å². The number of hydrogen-bond donors (Lipinski definition) is 2. The van der Waals surface area contributed by atoms with Crippen molar-refractivity contribution in [2.45, 2.75) is 23.8 Å². The smallest absolute Gasteiger partial charge is 0.240 e. The first kappa shape index (κ1) is 14.8. The van der Waals surface area contributed by atoms with Crippen LogP contribution in [0.1, 0.15) is 18.4 Å². The summed E-state index contributed by atoms with van der Waals surface area (Å²) in [6.45, 7) is 0.266. The molecule has 1 unspecified atom stereocenters. The molecule has 0 spiro atoms. The molecule has 0 bridgehead atoms. The first-order valence-corrected chi connectivity index (χ1v) is 7.77. The topological polar surface area (TPSA) is 99.1 Å². The number of sulfonamides is 1. The van der Waals surface area contributed by atoms with E-state index in [0.29, 0.717) is 12.8 Å². The van der Waals surface area contributed by atoms with Crippen LogP contribution in [0.15, 0.2) is 23.1 Å². The van der Waals surface area contributed by atoms with Gasteiger partial charge in [0.15, 0.2) is 0 Å². The number of amides is 1. The molecule has 1 aromatic carbocycles. The summed E-state index contributed by atoms with van der Waals surface area (Å²) in [5.41, 5.74) is 0.218. The Kier molecular flexibility index (Phi) is 4.28. The minimum Gasteiger partial charge on any atom is -0.355 e. The summed E-state index contributed by atoms with van der Waals surface area (Å²) >= 11 is 5.83. The molecule has 2 N–H and O–H groups in total. The van der Waals surface area contributed by atoms with E-state index >= 15 is 0 Å². The maximum atomic E-state index is 12.2. The van der Waals surface area contributed by atoms with E-state index < -0.39 is 10.0 Å². The van der Waals surface area contributed by atoms with Crippen molar-refractivity contribution in [3.05, 3.63) is 28.8 Å². The Balaban J connectivity index is 2.16. The van der Waals surface area contributed by atoms with Crippen LogP contribution in [-0.4, -0.2) is 26.9 Å². The third-order valence-corrected chi connectivity index (χ3v) is 4.79. The molecular weight excluding hydrogens is 302 g/mol. The maximum Gasteiger partial charge on any atom is 0.240 e. The molecule has 0 saturated carbocycles. The minimum atomic E-state index is -3.72. The van der Waals surface area contributed by atoms with Crippen LogP contribution in [-0.2, 0) is 14.8 Å². The molecule has 8 heteroatoms. The number of carbonyl (C=O) groups is 1. The molecule has 1 aromatic rings. The molecule has 0 aromatic heterocycles. The highest BCUT2D eigenvalue weighted by molar-refractivity contribution is 7.89. The normalized spacial score (nSPS) is 19.2.